The Kier molecular flexibility index (Phi) is 7.26. The standard InChI is InChI=1S/C19H29I2N3O/c1-23-7-9-24(10-8-23)19(5-3-2-4-6-19)14-22-13-15-11-16(20)12-17(21)18(15)25/h11-12,22,25H,2-10,13-14H2,1H3. The van der Waals surface area contributed by atoms with Gasteiger partial charge in [0.05, 0.1) is 3.57 Å². The molecule has 0 bridgehead atoms. The number of hydrogen-bond donors (Lipinski definition) is 2. The highest BCUT2D eigenvalue weighted by atomic mass is 127. The maximum Gasteiger partial charge on any atom is 0.133 e. The van der Waals surface area contributed by atoms with Gasteiger partial charge in [-0.3, -0.25) is 4.90 Å². The number of rotatable bonds is 5. The molecule has 0 unspecified atom stereocenters. The zero-order valence-corrected chi connectivity index (χ0v) is 19.3. The molecular formula is C19H29I2N3O. The number of benzene rings is 1. The van der Waals surface area contributed by atoms with E-state index >= 15 is 0 Å². The quantitative estimate of drug-likeness (QED) is 0.532. The largest absolute Gasteiger partial charge is 0.507 e. The van der Waals surface area contributed by atoms with Gasteiger partial charge in [-0.25, -0.2) is 0 Å². The van der Waals surface area contributed by atoms with Crippen molar-refractivity contribution in [3.63, 3.8) is 0 Å². The van der Waals surface area contributed by atoms with Crippen molar-refractivity contribution in [1.82, 2.24) is 15.1 Å². The van der Waals surface area contributed by atoms with Crippen LogP contribution in [0.3, 0.4) is 0 Å². The van der Waals surface area contributed by atoms with Crippen LogP contribution in [0.15, 0.2) is 12.1 Å². The molecule has 1 saturated carbocycles. The fourth-order valence-corrected chi connectivity index (χ4v) is 6.24. The van der Waals surface area contributed by atoms with Gasteiger partial charge in [0, 0.05) is 53.9 Å². The molecule has 1 heterocycles. The molecule has 3 rings (SSSR count). The average molecular weight is 569 g/mol. The fourth-order valence-electron chi connectivity index (χ4n) is 4.28. The summed E-state index contributed by atoms with van der Waals surface area (Å²) in [6.07, 6.45) is 6.69. The van der Waals surface area contributed by atoms with Crippen LogP contribution < -0.4 is 5.32 Å². The van der Waals surface area contributed by atoms with Gasteiger partial charge in [0.25, 0.3) is 0 Å². The van der Waals surface area contributed by atoms with Gasteiger partial charge in [-0.1, -0.05) is 19.3 Å². The van der Waals surface area contributed by atoms with Crippen LogP contribution in [0, 0.1) is 7.14 Å². The van der Waals surface area contributed by atoms with Crippen molar-refractivity contribution in [3.05, 3.63) is 24.8 Å². The molecule has 6 heteroatoms. The van der Waals surface area contributed by atoms with E-state index in [-0.39, 0.29) is 0 Å². The lowest BCUT2D eigenvalue weighted by Crippen LogP contribution is -2.61. The summed E-state index contributed by atoms with van der Waals surface area (Å²) in [5, 5.41) is 14.0. The van der Waals surface area contributed by atoms with Gasteiger partial charge < -0.3 is 15.3 Å². The molecule has 2 aliphatic rings. The van der Waals surface area contributed by atoms with Crippen LogP contribution in [0.4, 0.5) is 0 Å². The third kappa shape index (κ3) is 5.00. The van der Waals surface area contributed by atoms with Crippen LogP contribution in [0.25, 0.3) is 0 Å². The molecule has 2 fully saturated rings. The van der Waals surface area contributed by atoms with Crippen molar-refractivity contribution in [1.29, 1.82) is 0 Å². The van der Waals surface area contributed by atoms with E-state index < -0.39 is 0 Å². The van der Waals surface area contributed by atoms with Crippen LogP contribution in [-0.2, 0) is 6.54 Å². The lowest BCUT2D eigenvalue weighted by atomic mass is 9.79. The lowest BCUT2D eigenvalue weighted by molar-refractivity contribution is 0.0135. The Morgan fingerprint density at radius 3 is 2.44 bits per heavy atom. The van der Waals surface area contributed by atoms with Gasteiger partial charge in [-0.15, -0.1) is 0 Å². The first-order chi connectivity index (χ1) is 12.0. The Labute approximate surface area is 179 Å². The van der Waals surface area contributed by atoms with Gasteiger partial charge in [-0.2, -0.15) is 0 Å². The first-order valence-corrected chi connectivity index (χ1v) is 11.5. The number of phenols is 1. The topological polar surface area (TPSA) is 38.7 Å². The van der Waals surface area contributed by atoms with Gasteiger partial charge in [-0.05, 0) is 77.2 Å². The van der Waals surface area contributed by atoms with Crippen molar-refractivity contribution >= 4 is 45.2 Å². The summed E-state index contributed by atoms with van der Waals surface area (Å²) < 4.78 is 2.12. The van der Waals surface area contributed by atoms with Crippen molar-refractivity contribution in [2.45, 2.75) is 44.2 Å². The van der Waals surface area contributed by atoms with E-state index in [1.54, 1.807) is 0 Å². The molecule has 0 aromatic heterocycles. The van der Waals surface area contributed by atoms with Gasteiger partial charge in [0.2, 0.25) is 0 Å². The van der Waals surface area contributed by atoms with Gasteiger partial charge >= 0.3 is 0 Å². The molecular weight excluding hydrogens is 540 g/mol. The summed E-state index contributed by atoms with van der Waals surface area (Å²) in [5.74, 6) is 0.436. The smallest absolute Gasteiger partial charge is 0.133 e. The van der Waals surface area contributed by atoms with E-state index in [2.05, 4.69) is 73.4 Å². The Morgan fingerprint density at radius 2 is 1.76 bits per heavy atom. The third-order valence-corrected chi connectivity index (χ3v) is 7.28. The molecule has 1 saturated heterocycles. The van der Waals surface area contributed by atoms with E-state index in [1.807, 2.05) is 6.07 Å². The Morgan fingerprint density at radius 1 is 1.08 bits per heavy atom. The third-order valence-electron chi connectivity index (χ3n) is 5.83. The molecule has 140 valence electrons. The number of halogens is 2. The maximum atomic E-state index is 10.3. The number of piperazine rings is 1. The summed E-state index contributed by atoms with van der Waals surface area (Å²) in [6.45, 7) is 6.50. The SMILES string of the molecule is CN1CCN(C2(CNCc3cc(I)cc(I)c3O)CCCCC2)CC1. The monoisotopic (exact) mass is 569 g/mol. The molecule has 0 atom stereocenters. The molecule has 25 heavy (non-hydrogen) atoms. The van der Waals surface area contributed by atoms with Gasteiger partial charge in [0.1, 0.15) is 5.75 Å². The number of nitrogens with one attached hydrogen (secondary N) is 1. The normalized spacial score (nSPS) is 22.2. The molecule has 1 aliphatic carbocycles. The van der Waals surface area contributed by atoms with Crippen molar-refractivity contribution in [2.75, 3.05) is 39.8 Å². The predicted octanol–water partition coefficient (Wildman–Crippen LogP) is 3.64. The van der Waals surface area contributed by atoms with Crippen LogP contribution in [0.5, 0.6) is 5.75 Å². The summed E-state index contributed by atoms with van der Waals surface area (Å²) in [5.41, 5.74) is 1.32. The zero-order valence-electron chi connectivity index (χ0n) is 15.0. The maximum absolute atomic E-state index is 10.3. The summed E-state index contributed by atoms with van der Waals surface area (Å²) in [4.78, 5) is 5.18. The predicted molar refractivity (Wildman–Crippen MR) is 120 cm³/mol. The summed E-state index contributed by atoms with van der Waals surface area (Å²) in [6, 6.07) is 4.11. The van der Waals surface area contributed by atoms with Crippen molar-refractivity contribution in [3.8, 4) is 5.75 Å². The van der Waals surface area contributed by atoms with E-state index in [9.17, 15) is 5.11 Å². The fraction of sp³-hybridized carbons (Fsp3) is 0.684. The highest BCUT2D eigenvalue weighted by Crippen LogP contribution is 2.34. The summed E-state index contributed by atoms with van der Waals surface area (Å²) in [7, 11) is 2.23. The number of hydrogen-bond acceptors (Lipinski definition) is 4. The number of phenolic OH excluding ortho intramolecular Hbond substituents is 1. The Hall–Kier alpha value is 0.360. The first-order valence-electron chi connectivity index (χ1n) is 9.31. The van der Waals surface area contributed by atoms with Crippen molar-refractivity contribution < 1.29 is 5.11 Å². The van der Waals surface area contributed by atoms with E-state index in [0.29, 0.717) is 11.3 Å². The minimum atomic E-state index is 0.310. The number of nitrogens with zero attached hydrogens (tertiary/aromatic N) is 2. The second-order valence-corrected chi connectivity index (χ2v) is 9.98. The zero-order chi connectivity index (χ0) is 17.9. The number of likely N-dealkylation sites (N-methyl/N-ethyl adjacent to an activating group) is 1. The van der Waals surface area contributed by atoms with Crippen LogP contribution in [-0.4, -0.2) is 60.2 Å². The van der Waals surface area contributed by atoms with Crippen LogP contribution in [0.2, 0.25) is 0 Å². The molecule has 1 aromatic rings. The van der Waals surface area contributed by atoms with E-state index in [1.165, 1.54) is 61.9 Å². The molecule has 0 spiro atoms. The number of aromatic hydroxyl groups is 1. The van der Waals surface area contributed by atoms with Gasteiger partial charge in [0.15, 0.2) is 0 Å². The van der Waals surface area contributed by atoms with Crippen LogP contribution >= 0.6 is 45.2 Å². The van der Waals surface area contributed by atoms with E-state index in [0.717, 1.165) is 22.2 Å². The Bertz CT molecular complexity index is 582. The summed E-state index contributed by atoms with van der Waals surface area (Å²) >= 11 is 4.54. The van der Waals surface area contributed by atoms with Crippen molar-refractivity contribution in [2.24, 2.45) is 0 Å². The highest BCUT2D eigenvalue weighted by molar-refractivity contribution is 14.1. The molecule has 0 radical (unpaired) electrons. The second kappa shape index (κ2) is 9.03. The molecule has 0 amide bonds. The second-order valence-electron chi connectivity index (χ2n) is 7.57. The lowest BCUT2D eigenvalue weighted by Gasteiger charge is -2.49. The minimum absolute atomic E-state index is 0.310. The highest BCUT2D eigenvalue weighted by Gasteiger charge is 2.38. The molecule has 4 nitrogen and oxygen atoms in total. The molecule has 2 N–H and O–H groups in total. The first kappa shape index (κ1) is 20.1. The van der Waals surface area contributed by atoms with Crippen LogP contribution in [0.1, 0.15) is 37.7 Å². The Balaban J connectivity index is 1.65. The average Bonchev–Trinajstić information content (AvgIpc) is 2.60. The van der Waals surface area contributed by atoms with E-state index in [4.69, 9.17) is 0 Å². The molecule has 1 aliphatic heterocycles. The minimum Gasteiger partial charge on any atom is -0.507 e. The molecule has 1 aromatic carbocycles.